The first kappa shape index (κ1) is 18.5. The minimum atomic E-state index is 0.396. The summed E-state index contributed by atoms with van der Waals surface area (Å²) in [6.07, 6.45) is 0. The van der Waals surface area contributed by atoms with Crippen molar-refractivity contribution in [3.63, 3.8) is 0 Å². The summed E-state index contributed by atoms with van der Waals surface area (Å²) in [6.45, 7) is 4.43. The average Bonchev–Trinajstić information content (AvgIpc) is 2.73. The van der Waals surface area contributed by atoms with Gasteiger partial charge in [0.25, 0.3) is 0 Å². The highest BCUT2D eigenvalue weighted by atomic mass is 79.9. The van der Waals surface area contributed by atoms with Crippen LogP contribution in [0.1, 0.15) is 30.9 Å². The Bertz CT molecular complexity index is 1200. The van der Waals surface area contributed by atoms with E-state index in [1.54, 1.807) is 0 Å². The monoisotopic (exact) mass is 425 g/mol. The minimum Gasteiger partial charge on any atom is -0.192 e. The molecule has 0 N–H and O–H groups in total. The second-order valence-corrected chi connectivity index (χ2v) is 8.03. The molecule has 0 unspecified atom stereocenters. The number of halogens is 1. The second kappa shape index (κ2) is 7.62. The molecule has 136 valence electrons. The van der Waals surface area contributed by atoms with E-state index >= 15 is 0 Å². The first-order chi connectivity index (χ1) is 13.6. The summed E-state index contributed by atoms with van der Waals surface area (Å²) in [6, 6.07) is 29.4. The van der Waals surface area contributed by atoms with Gasteiger partial charge in [-0.25, -0.2) is 0 Å². The first-order valence-electron chi connectivity index (χ1n) is 9.42. The normalized spacial score (nSPS) is 11.0. The van der Waals surface area contributed by atoms with E-state index in [0.29, 0.717) is 5.92 Å². The van der Waals surface area contributed by atoms with Crippen molar-refractivity contribution in [2.75, 3.05) is 0 Å². The fraction of sp³-hybridized carbons (Fsp3) is 0.115. The molecule has 4 aromatic carbocycles. The van der Waals surface area contributed by atoms with Gasteiger partial charge in [0.05, 0.1) is 5.56 Å². The maximum atomic E-state index is 9.93. The molecular formula is C26H20BrN. The Hall–Kier alpha value is -2.89. The highest BCUT2D eigenvalue weighted by Gasteiger charge is 2.18. The largest absolute Gasteiger partial charge is 0.192 e. The van der Waals surface area contributed by atoms with E-state index in [1.807, 2.05) is 30.3 Å². The molecule has 0 saturated heterocycles. The highest BCUT2D eigenvalue weighted by molar-refractivity contribution is 9.10. The van der Waals surface area contributed by atoms with Gasteiger partial charge in [0, 0.05) is 15.4 Å². The summed E-state index contributed by atoms with van der Waals surface area (Å²) in [5.41, 5.74) is 6.40. The van der Waals surface area contributed by atoms with E-state index in [1.165, 1.54) is 16.7 Å². The Balaban J connectivity index is 2.03. The van der Waals surface area contributed by atoms with Crippen LogP contribution in [-0.4, -0.2) is 0 Å². The SMILES string of the molecule is CC(C)c1ccc(-c2ccc3ccccc3c2C#N)c(Br)c1-c1ccccc1. The minimum absolute atomic E-state index is 0.396. The third-order valence-corrected chi connectivity index (χ3v) is 6.01. The van der Waals surface area contributed by atoms with Crippen molar-refractivity contribution in [1.82, 2.24) is 0 Å². The zero-order valence-corrected chi connectivity index (χ0v) is 17.5. The van der Waals surface area contributed by atoms with Crippen molar-refractivity contribution in [1.29, 1.82) is 5.26 Å². The molecule has 0 atom stereocenters. The molecule has 2 heteroatoms. The molecule has 0 amide bonds. The zero-order valence-electron chi connectivity index (χ0n) is 15.9. The third-order valence-electron chi connectivity index (χ3n) is 5.19. The van der Waals surface area contributed by atoms with Gasteiger partial charge in [-0.1, -0.05) is 92.7 Å². The molecule has 4 rings (SSSR count). The average molecular weight is 426 g/mol. The van der Waals surface area contributed by atoms with Crippen LogP contribution in [0.2, 0.25) is 0 Å². The lowest BCUT2D eigenvalue weighted by atomic mass is 9.87. The molecule has 0 saturated carbocycles. The van der Waals surface area contributed by atoms with Gasteiger partial charge < -0.3 is 0 Å². The molecule has 1 nitrogen and oxygen atoms in total. The maximum Gasteiger partial charge on any atom is 0.100 e. The van der Waals surface area contributed by atoms with Crippen molar-refractivity contribution in [3.8, 4) is 28.3 Å². The lowest BCUT2D eigenvalue weighted by molar-refractivity contribution is 0.868. The molecular weight excluding hydrogens is 406 g/mol. The van der Waals surface area contributed by atoms with E-state index in [-0.39, 0.29) is 0 Å². The number of hydrogen-bond acceptors (Lipinski definition) is 1. The number of rotatable bonds is 3. The topological polar surface area (TPSA) is 23.8 Å². The molecule has 0 aliphatic heterocycles. The van der Waals surface area contributed by atoms with Crippen LogP contribution < -0.4 is 0 Å². The molecule has 4 aromatic rings. The Morgan fingerprint density at radius 3 is 2.18 bits per heavy atom. The number of nitrogens with zero attached hydrogens (tertiary/aromatic N) is 1. The van der Waals surface area contributed by atoms with Crippen LogP contribution in [0.4, 0.5) is 0 Å². The molecule has 0 bridgehead atoms. The summed E-state index contributed by atoms with van der Waals surface area (Å²) in [5.74, 6) is 0.396. The fourth-order valence-electron chi connectivity index (χ4n) is 3.79. The summed E-state index contributed by atoms with van der Waals surface area (Å²) >= 11 is 3.89. The van der Waals surface area contributed by atoms with Crippen LogP contribution in [0.15, 0.2) is 83.3 Å². The molecule has 0 radical (unpaired) electrons. The molecule has 28 heavy (non-hydrogen) atoms. The maximum absolute atomic E-state index is 9.93. The Morgan fingerprint density at radius 2 is 1.46 bits per heavy atom. The van der Waals surface area contributed by atoms with Crippen molar-refractivity contribution in [2.45, 2.75) is 19.8 Å². The number of hydrogen-bond donors (Lipinski definition) is 0. The number of fused-ring (bicyclic) bond motifs is 1. The smallest absolute Gasteiger partial charge is 0.100 e. The molecule has 0 heterocycles. The summed E-state index contributed by atoms with van der Waals surface area (Å²) < 4.78 is 1.04. The fourth-order valence-corrected chi connectivity index (χ4v) is 4.60. The van der Waals surface area contributed by atoms with E-state index < -0.39 is 0 Å². The van der Waals surface area contributed by atoms with Crippen molar-refractivity contribution in [3.05, 3.63) is 94.5 Å². The van der Waals surface area contributed by atoms with Gasteiger partial charge >= 0.3 is 0 Å². The van der Waals surface area contributed by atoms with Crippen LogP contribution in [-0.2, 0) is 0 Å². The van der Waals surface area contributed by atoms with Crippen LogP contribution in [0.3, 0.4) is 0 Å². The van der Waals surface area contributed by atoms with Gasteiger partial charge in [-0.2, -0.15) is 5.26 Å². The molecule has 0 spiro atoms. The van der Waals surface area contributed by atoms with Gasteiger partial charge in [-0.05, 0) is 49.5 Å². The molecule has 0 fully saturated rings. The lowest BCUT2D eigenvalue weighted by Crippen LogP contribution is -1.97. The van der Waals surface area contributed by atoms with E-state index in [9.17, 15) is 5.26 Å². The molecule has 0 aliphatic rings. The van der Waals surface area contributed by atoms with Crippen molar-refractivity contribution >= 4 is 26.7 Å². The Labute approximate surface area is 174 Å². The van der Waals surface area contributed by atoms with E-state index in [2.05, 4.69) is 84.4 Å². The van der Waals surface area contributed by atoms with E-state index in [4.69, 9.17) is 0 Å². The van der Waals surface area contributed by atoms with Crippen LogP contribution >= 0.6 is 15.9 Å². The van der Waals surface area contributed by atoms with E-state index in [0.717, 1.165) is 31.9 Å². The van der Waals surface area contributed by atoms with Gasteiger partial charge in [0.15, 0.2) is 0 Å². The van der Waals surface area contributed by atoms with Crippen LogP contribution in [0.5, 0.6) is 0 Å². The van der Waals surface area contributed by atoms with Crippen LogP contribution in [0, 0.1) is 11.3 Å². The lowest BCUT2D eigenvalue weighted by Gasteiger charge is -2.19. The number of benzene rings is 4. The Morgan fingerprint density at radius 1 is 0.786 bits per heavy atom. The third kappa shape index (κ3) is 3.13. The number of nitriles is 1. The predicted molar refractivity (Wildman–Crippen MR) is 121 cm³/mol. The van der Waals surface area contributed by atoms with Gasteiger partial charge in [0.1, 0.15) is 6.07 Å². The van der Waals surface area contributed by atoms with Gasteiger partial charge in [-0.15, -0.1) is 0 Å². The summed E-state index contributed by atoms with van der Waals surface area (Å²) in [4.78, 5) is 0. The summed E-state index contributed by atoms with van der Waals surface area (Å²) in [7, 11) is 0. The van der Waals surface area contributed by atoms with Gasteiger partial charge in [-0.3, -0.25) is 0 Å². The molecule has 0 aromatic heterocycles. The predicted octanol–water partition coefficient (Wildman–Crippen LogP) is 7.93. The molecule has 0 aliphatic carbocycles. The Kier molecular flexibility index (Phi) is 5.03. The quantitative estimate of drug-likeness (QED) is 0.326. The standard InChI is InChI=1S/C26H20BrN/c1-17(2)20-14-15-23(26(27)25(20)19-9-4-3-5-10-19)22-13-12-18-8-6-7-11-21(18)24(22)16-28/h3-15,17H,1-2H3. The highest BCUT2D eigenvalue weighted by Crippen LogP contribution is 2.43. The van der Waals surface area contributed by atoms with Crippen LogP contribution in [0.25, 0.3) is 33.0 Å². The zero-order chi connectivity index (χ0) is 19.7. The summed E-state index contributed by atoms with van der Waals surface area (Å²) in [5, 5.41) is 12.0. The first-order valence-corrected chi connectivity index (χ1v) is 10.2. The van der Waals surface area contributed by atoms with Crippen molar-refractivity contribution in [2.24, 2.45) is 0 Å². The van der Waals surface area contributed by atoms with Gasteiger partial charge in [0.2, 0.25) is 0 Å². The second-order valence-electron chi connectivity index (χ2n) is 7.23. The van der Waals surface area contributed by atoms with Crippen molar-refractivity contribution < 1.29 is 0 Å².